The van der Waals surface area contributed by atoms with Crippen LogP contribution in [0.1, 0.15) is 35.9 Å². The summed E-state index contributed by atoms with van der Waals surface area (Å²) in [5, 5.41) is 9.80. The van der Waals surface area contributed by atoms with Gasteiger partial charge < -0.3 is 19.5 Å². The molecule has 7 nitrogen and oxygen atoms in total. The van der Waals surface area contributed by atoms with E-state index in [2.05, 4.69) is 31.4 Å². The lowest BCUT2D eigenvalue weighted by atomic mass is 10.1. The fraction of sp³-hybridized carbons (Fsp3) is 0.412. The van der Waals surface area contributed by atoms with Crippen LogP contribution in [0.15, 0.2) is 22.7 Å². The minimum atomic E-state index is -0.317. The molecule has 1 heterocycles. The third-order valence-corrected chi connectivity index (χ3v) is 4.29. The molecule has 0 unspecified atom stereocenters. The Balaban J connectivity index is 2.16. The number of nitrogens with zero attached hydrogens (tertiary/aromatic N) is 1. The van der Waals surface area contributed by atoms with Crippen molar-refractivity contribution in [1.82, 2.24) is 10.2 Å². The Morgan fingerprint density at radius 1 is 1.28 bits per heavy atom. The van der Waals surface area contributed by atoms with Crippen molar-refractivity contribution in [2.75, 3.05) is 32.8 Å². The van der Waals surface area contributed by atoms with E-state index >= 15 is 0 Å². The molecule has 0 fully saturated rings. The molecular weight excluding hydrogens is 390 g/mol. The van der Waals surface area contributed by atoms with E-state index < -0.39 is 0 Å². The van der Waals surface area contributed by atoms with Gasteiger partial charge in [0.05, 0.1) is 23.9 Å². The molecule has 0 radical (unpaired) electrons. The monoisotopic (exact) mass is 411 g/mol. The molecule has 25 heavy (non-hydrogen) atoms. The third-order valence-electron chi connectivity index (χ3n) is 3.49. The minimum Gasteiger partial charge on any atom is -0.493 e. The van der Waals surface area contributed by atoms with E-state index in [1.54, 1.807) is 32.4 Å². The van der Waals surface area contributed by atoms with E-state index in [9.17, 15) is 4.79 Å². The number of carbonyl (C=O) groups excluding carboxylic acids is 1. The number of halogens is 1. The lowest BCUT2D eigenvalue weighted by Crippen LogP contribution is -2.13. The third kappa shape index (κ3) is 4.73. The number of aromatic nitrogens is 2. The van der Waals surface area contributed by atoms with Crippen molar-refractivity contribution in [3.8, 4) is 11.5 Å². The van der Waals surface area contributed by atoms with Crippen LogP contribution in [-0.2, 0) is 4.74 Å². The van der Waals surface area contributed by atoms with E-state index in [1.807, 2.05) is 13.8 Å². The summed E-state index contributed by atoms with van der Waals surface area (Å²) in [6.45, 7) is 4.88. The van der Waals surface area contributed by atoms with Gasteiger partial charge in [-0.3, -0.25) is 9.89 Å². The molecule has 0 spiro atoms. The summed E-state index contributed by atoms with van der Waals surface area (Å²) in [5.74, 6) is 1.02. The van der Waals surface area contributed by atoms with Crippen LogP contribution in [0, 0.1) is 0 Å². The first-order valence-corrected chi connectivity index (χ1v) is 8.62. The molecule has 2 rings (SSSR count). The highest BCUT2D eigenvalue weighted by atomic mass is 79.9. The smallest absolute Gasteiger partial charge is 0.277 e. The Labute approximate surface area is 155 Å². The Bertz CT molecular complexity index is 731. The summed E-state index contributed by atoms with van der Waals surface area (Å²) in [4.78, 5) is 12.5. The molecule has 0 atom stereocenters. The van der Waals surface area contributed by atoms with E-state index in [0.29, 0.717) is 40.6 Å². The highest BCUT2D eigenvalue weighted by molar-refractivity contribution is 9.10. The summed E-state index contributed by atoms with van der Waals surface area (Å²) in [6.07, 6.45) is 0. The van der Waals surface area contributed by atoms with Gasteiger partial charge >= 0.3 is 0 Å². The van der Waals surface area contributed by atoms with E-state index in [0.717, 1.165) is 5.69 Å². The molecule has 1 aromatic carbocycles. The molecule has 0 bridgehead atoms. The van der Waals surface area contributed by atoms with Crippen molar-refractivity contribution in [2.45, 2.75) is 19.8 Å². The zero-order valence-electron chi connectivity index (χ0n) is 14.7. The number of nitrogens with one attached hydrogen (secondary N) is 2. The molecular formula is C17H22BrN3O4. The number of methoxy groups -OCH3 is 2. The van der Waals surface area contributed by atoms with Crippen LogP contribution >= 0.6 is 15.9 Å². The van der Waals surface area contributed by atoms with Gasteiger partial charge in [0.1, 0.15) is 6.61 Å². The van der Waals surface area contributed by atoms with Gasteiger partial charge in [-0.2, -0.15) is 5.10 Å². The molecule has 0 aliphatic carbocycles. The molecule has 0 saturated carbocycles. The normalized spacial score (nSPS) is 10.8. The maximum absolute atomic E-state index is 12.5. The van der Waals surface area contributed by atoms with Gasteiger partial charge in [0.2, 0.25) is 0 Å². The Hall–Kier alpha value is -2.06. The van der Waals surface area contributed by atoms with Crippen molar-refractivity contribution in [2.24, 2.45) is 0 Å². The number of rotatable bonds is 8. The number of hydrogen-bond donors (Lipinski definition) is 2. The average Bonchev–Trinajstić information content (AvgIpc) is 2.97. The van der Waals surface area contributed by atoms with Gasteiger partial charge in [0, 0.05) is 18.9 Å². The van der Waals surface area contributed by atoms with Gasteiger partial charge in [-0.15, -0.1) is 0 Å². The first-order chi connectivity index (χ1) is 12.0. The van der Waals surface area contributed by atoms with Crippen LogP contribution in [-0.4, -0.2) is 43.5 Å². The Morgan fingerprint density at radius 3 is 2.64 bits per heavy atom. The molecule has 136 valence electrons. The number of amides is 1. The first-order valence-electron chi connectivity index (χ1n) is 7.82. The second kappa shape index (κ2) is 8.87. The number of H-pyrrole nitrogens is 1. The standard InChI is InChI=1S/C17H22BrN3O4/c1-10(2)15-14(18)16(21-20-15)17(22)19-11-5-6-12(24-4)13(9-11)25-8-7-23-3/h5-6,9-10H,7-8H2,1-4H3,(H,19,22)(H,20,21). The fourth-order valence-electron chi connectivity index (χ4n) is 2.17. The second-order valence-electron chi connectivity index (χ2n) is 5.62. The number of aromatic amines is 1. The predicted molar refractivity (Wildman–Crippen MR) is 98.7 cm³/mol. The number of hydrogen-bond acceptors (Lipinski definition) is 5. The fourth-order valence-corrected chi connectivity index (χ4v) is 2.98. The van der Waals surface area contributed by atoms with Crippen LogP contribution in [0.25, 0.3) is 0 Å². The first kappa shape index (κ1) is 19.3. The molecule has 1 aromatic heterocycles. The summed E-state index contributed by atoms with van der Waals surface area (Å²) in [7, 11) is 3.16. The van der Waals surface area contributed by atoms with Crippen LogP contribution in [0.5, 0.6) is 11.5 Å². The number of carbonyl (C=O) groups is 1. The van der Waals surface area contributed by atoms with Crippen molar-refractivity contribution in [3.63, 3.8) is 0 Å². The predicted octanol–water partition coefficient (Wildman–Crippen LogP) is 3.58. The largest absolute Gasteiger partial charge is 0.493 e. The van der Waals surface area contributed by atoms with Gasteiger partial charge in [0.15, 0.2) is 17.2 Å². The molecule has 0 aliphatic rings. The molecule has 2 N–H and O–H groups in total. The zero-order valence-corrected chi connectivity index (χ0v) is 16.3. The Kier molecular flexibility index (Phi) is 6.83. The highest BCUT2D eigenvalue weighted by Gasteiger charge is 2.19. The summed E-state index contributed by atoms with van der Waals surface area (Å²) in [6, 6.07) is 5.18. The lowest BCUT2D eigenvalue weighted by molar-refractivity contribution is 0.102. The second-order valence-corrected chi connectivity index (χ2v) is 6.41. The van der Waals surface area contributed by atoms with Crippen LogP contribution < -0.4 is 14.8 Å². The van der Waals surface area contributed by atoms with Crippen molar-refractivity contribution >= 4 is 27.5 Å². The van der Waals surface area contributed by atoms with E-state index in [-0.39, 0.29) is 11.8 Å². The number of benzene rings is 1. The highest BCUT2D eigenvalue weighted by Crippen LogP contribution is 2.31. The van der Waals surface area contributed by atoms with Crippen LogP contribution in [0.2, 0.25) is 0 Å². The summed E-state index contributed by atoms with van der Waals surface area (Å²) < 4.78 is 16.5. The van der Waals surface area contributed by atoms with Crippen molar-refractivity contribution < 1.29 is 19.0 Å². The molecule has 2 aromatic rings. The number of ether oxygens (including phenoxy) is 3. The molecule has 0 saturated heterocycles. The zero-order chi connectivity index (χ0) is 18.4. The van der Waals surface area contributed by atoms with Gasteiger partial charge in [-0.1, -0.05) is 13.8 Å². The quantitative estimate of drug-likeness (QED) is 0.648. The van der Waals surface area contributed by atoms with E-state index in [4.69, 9.17) is 14.2 Å². The topological polar surface area (TPSA) is 85.5 Å². The van der Waals surface area contributed by atoms with Crippen LogP contribution in [0.3, 0.4) is 0 Å². The maximum atomic E-state index is 12.5. The SMILES string of the molecule is COCCOc1cc(NC(=O)c2n[nH]c(C(C)C)c2Br)ccc1OC. The molecule has 1 amide bonds. The molecule has 8 heteroatoms. The number of anilines is 1. The van der Waals surface area contributed by atoms with Crippen molar-refractivity contribution in [3.05, 3.63) is 34.1 Å². The van der Waals surface area contributed by atoms with Gasteiger partial charge in [-0.05, 0) is 34.0 Å². The molecule has 0 aliphatic heterocycles. The van der Waals surface area contributed by atoms with Crippen molar-refractivity contribution in [1.29, 1.82) is 0 Å². The average molecular weight is 412 g/mol. The minimum absolute atomic E-state index is 0.227. The van der Waals surface area contributed by atoms with Gasteiger partial charge in [-0.25, -0.2) is 0 Å². The lowest BCUT2D eigenvalue weighted by Gasteiger charge is -2.12. The van der Waals surface area contributed by atoms with Gasteiger partial charge in [0.25, 0.3) is 5.91 Å². The summed E-state index contributed by atoms with van der Waals surface area (Å²) in [5.41, 5.74) is 1.77. The van der Waals surface area contributed by atoms with E-state index in [1.165, 1.54) is 0 Å². The Morgan fingerprint density at radius 2 is 2.04 bits per heavy atom. The maximum Gasteiger partial charge on any atom is 0.277 e. The summed E-state index contributed by atoms with van der Waals surface area (Å²) >= 11 is 3.43. The van der Waals surface area contributed by atoms with Crippen LogP contribution in [0.4, 0.5) is 5.69 Å².